The summed E-state index contributed by atoms with van der Waals surface area (Å²) in [5, 5.41) is 0. The summed E-state index contributed by atoms with van der Waals surface area (Å²) in [5.74, 6) is -32.7. The number of rotatable bonds is 10. The SMILES string of the molecule is C=CC(=O)OC(C)COC1=C(F)C(F)(F)C(F)(OCC(C)OC(=O)C=C)C(F)(F)C1(F)F. The molecular formula is C18H18F8O6. The number of carbonyl (C=O) groups is 2. The van der Waals surface area contributed by atoms with Gasteiger partial charge in [-0.1, -0.05) is 13.2 Å². The van der Waals surface area contributed by atoms with E-state index in [1.54, 1.807) is 0 Å². The Kier molecular flexibility index (Phi) is 8.10. The number of alkyl halides is 7. The number of halogens is 8. The summed E-state index contributed by atoms with van der Waals surface area (Å²) in [6.07, 6.45) is -1.96. The fraction of sp³-hybridized carbons (Fsp3) is 0.556. The minimum atomic E-state index is -6.36. The maximum Gasteiger partial charge on any atom is 0.381 e. The molecule has 1 rings (SSSR count). The zero-order valence-corrected chi connectivity index (χ0v) is 16.6. The quantitative estimate of drug-likeness (QED) is 0.266. The van der Waals surface area contributed by atoms with Gasteiger partial charge in [-0.15, -0.1) is 0 Å². The molecule has 0 aromatic rings. The smallest absolute Gasteiger partial charge is 0.381 e. The molecule has 32 heavy (non-hydrogen) atoms. The zero-order valence-electron chi connectivity index (χ0n) is 16.6. The van der Waals surface area contributed by atoms with Gasteiger partial charge in [-0.2, -0.15) is 30.7 Å². The van der Waals surface area contributed by atoms with Crippen LogP contribution in [-0.4, -0.2) is 61.0 Å². The van der Waals surface area contributed by atoms with E-state index in [9.17, 15) is 44.7 Å². The molecule has 0 bridgehead atoms. The molecule has 0 spiro atoms. The lowest BCUT2D eigenvalue weighted by molar-refractivity contribution is -0.411. The average molecular weight is 482 g/mol. The Morgan fingerprint density at radius 2 is 1.31 bits per heavy atom. The van der Waals surface area contributed by atoms with E-state index in [0.29, 0.717) is 12.2 Å². The third-order valence-corrected chi connectivity index (χ3v) is 3.91. The second-order valence-electron chi connectivity index (χ2n) is 6.49. The van der Waals surface area contributed by atoms with Crippen molar-refractivity contribution in [3.05, 3.63) is 36.9 Å². The van der Waals surface area contributed by atoms with E-state index in [0.717, 1.165) is 13.8 Å². The second kappa shape index (κ2) is 9.46. The van der Waals surface area contributed by atoms with Gasteiger partial charge in [0.2, 0.25) is 11.6 Å². The maximum atomic E-state index is 14.7. The van der Waals surface area contributed by atoms with Crippen LogP contribution in [0, 0.1) is 0 Å². The molecule has 1 aliphatic carbocycles. The molecule has 0 amide bonds. The van der Waals surface area contributed by atoms with Crippen molar-refractivity contribution in [3.8, 4) is 0 Å². The van der Waals surface area contributed by atoms with Crippen LogP contribution in [0.1, 0.15) is 13.8 Å². The number of hydrogen-bond donors (Lipinski definition) is 0. The summed E-state index contributed by atoms with van der Waals surface area (Å²) < 4.78 is 131. The zero-order chi connectivity index (χ0) is 25.1. The van der Waals surface area contributed by atoms with Gasteiger partial charge in [0.15, 0.2) is 0 Å². The summed E-state index contributed by atoms with van der Waals surface area (Å²) >= 11 is 0. The third-order valence-electron chi connectivity index (χ3n) is 3.91. The first-order chi connectivity index (χ1) is 14.5. The van der Waals surface area contributed by atoms with Crippen molar-refractivity contribution in [1.29, 1.82) is 0 Å². The molecular weight excluding hydrogens is 464 g/mol. The van der Waals surface area contributed by atoms with Crippen molar-refractivity contribution in [2.24, 2.45) is 0 Å². The molecule has 0 saturated heterocycles. The predicted molar refractivity (Wildman–Crippen MR) is 90.2 cm³/mol. The van der Waals surface area contributed by atoms with E-state index in [-0.39, 0.29) is 0 Å². The van der Waals surface area contributed by atoms with E-state index >= 15 is 0 Å². The van der Waals surface area contributed by atoms with Gasteiger partial charge in [-0.3, -0.25) is 0 Å². The molecule has 0 fully saturated rings. The fourth-order valence-electron chi connectivity index (χ4n) is 2.29. The average Bonchev–Trinajstić information content (AvgIpc) is 2.70. The normalized spacial score (nSPS) is 25.3. The maximum absolute atomic E-state index is 14.7. The largest absolute Gasteiger partial charge is 0.485 e. The van der Waals surface area contributed by atoms with Gasteiger partial charge in [-0.05, 0) is 13.8 Å². The molecule has 182 valence electrons. The predicted octanol–water partition coefficient (Wildman–Crippen LogP) is 4.02. The van der Waals surface area contributed by atoms with Gasteiger partial charge in [0, 0.05) is 12.2 Å². The standard InChI is InChI=1S/C18H18F8O6/c1-5-11(27)31-9(3)7-29-14-13(19)15(20,21)18(26,17(24,25)16(14,22)23)30-8-10(4)32-12(28)6-2/h5-6,9-10H,1-2,7-8H2,3-4H3. The summed E-state index contributed by atoms with van der Waals surface area (Å²) in [6.45, 7) is 5.00. The Labute approximate surface area is 176 Å². The number of esters is 2. The Balaban J connectivity index is 3.26. The first-order valence-corrected chi connectivity index (χ1v) is 8.65. The fourth-order valence-corrected chi connectivity index (χ4v) is 2.29. The Bertz CT molecular complexity index is 796. The van der Waals surface area contributed by atoms with Gasteiger partial charge in [0.1, 0.15) is 18.8 Å². The molecule has 14 heteroatoms. The van der Waals surface area contributed by atoms with E-state index in [1.807, 2.05) is 0 Å². The summed E-state index contributed by atoms with van der Waals surface area (Å²) in [6, 6.07) is 0. The highest BCUT2D eigenvalue weighted by atomic mass is 19.3. The van der Waals surface area contributed by atoms with Crippen LogP contribution in [0.2, 0.25) is 0 Å². The van der Waals surface area contributed by atoms with Crippen molar-refractivity contribution in [3.63, 3.8) is 0 Å². The highest BCUT2D eigenvalue weighted by Crippen LogP contribution is 2.62. The van der Waals surface area contributed by atoms with Crippen LogP contribution in [0.15, 0.2) is 36.9 Å². The highest BCUT2D eigenvalue weighted by Gasteiger charge is 2.87. The van der Waals surface area contributed by atoms with Crippen molar-refractivity contribution in [1.82, 2.24) is 0 Å². The van der Waals surface area contributed by atoms with Crippen molar-refractivity contribution >= 4 is 11.9 Å². The lowest BCUT2D eigenvalue weighted by Gasteiger charge is -2.45. The van der Waals surface area contributed by atoms with E-state index in [1.165, 1.54) is 0 Å². The Morgan fingerprint density at radius 1 is 0.875 bits per heavy atom. The van der Waals surface area contributed by atoms with E-state index in [4.69, 9.17) is 0 Å². The van der Waals surface area contributed by atoms with Gasteiger partial charge in [0.05, 0.1) is 6.61 Å². The van der Waals surface area contributed by atoms with Crippen molar-refractivity contribution < 1.29 is 63.7 Å². The molecule has 0 heterocycles. The second-order valence-corrected chi connectivity index (χ2v) is 6.49. The van der Waals surface area contributed by atoms with Gasteiger partial charge in [0.25, 0.3) is 0 Å². The highest BCUT2D eigenvalue weighted by molar-refractivity contribution is 5.81. The van der Waals surface area contributed by atoms with Gasteiger partial charge < -0.3 is 18.9 Å². The first kappa shape index (κ1) is 27.4. The van der Waals surface area contributed by atoms with E-state index in [2.05, 4.69) is 32.1 Å². The molecule has 3 unspecified atom stereocenters. The topological polar surface area (TPSA) is 71.1 Å². The molecule has 0 aliphatic heterocycles. The van der Waals surface area contributed by atoms with Crippen LogP contribution in [0.3, 0.4) is 0 Å². The molecule has 1 aliphatic rings. The van der Waals surface area contributed by atoms with Gasteiger partial charge in [-0.25, -0.2) is 14.0 Å². The summed E-state index contributed by atoms with van der Waals surface area (Å²) in [4.78, 5) is 22.0. The van der Waals surface area contributed by atoms with Crippen LogP contribution in [-0.2, 0) is 28.5 Å². The monoisotopic (exact) mass is 482 g/mol. The molecule has 6 nitrogen and oxygen atoms in total. The van der Waals surface area contributed by atoms with Crippen LogP contribution >= 0.6 is 0 Å². The Morgan fingerprint density at radius 3 is 1.75 bits per heavy atom. The Hall–Kier alpha value is -2.64. The lowest BCUT2D eigenvalue weighted by atomic mass is 9.88. The summed E-state index contributed by atoms with van der Waals surface area (Å²) in [5.41, 5.74) is 0. The number of carbonyl (C=O) groups excluding carboxylic acids is 2. The van der Waals surface area contributed by atoms with Gasteiger partial charge >= 0.3 is 35.6 Å². The molecule has 0 aromatic carbocycles. The molecule has 0 N–H and O–H groups in total. The first-order valence-electron chi connectivity index (χ1n) is 8.65. The number of allylic oxidation sites excluding steroid dienone is 1. The number of hydrogen-bond acceptors (Lipinski definition) is 6. The van der Waals surface area contributed by atoms with Crippen molar-refractivity contribution in [2.45, 2.75) is 49.7 Å². The number of ether oxygens (including phenoxy) is 4. The van der Waals surface area contributed by atoms with Crippen molar-refractivity contribution in [2.75, 3.05) is 13.2 Å². The molecule has 0 saturated carbocycles. The summed E-state index contributed by atoms with van der Waals surface area (Å²) in [7, 11) is 0. The third kappa shape index (κ3) is 4.74. The minimum absolute atomic E-state index is 0.582. The molecule has 0 aromatic heterocycles. The van der Waals surface area contributed by atoms with E-state index < -0.39 is 72.6 Å². The van der Waals surface area contributed by atoms with Crippen LogP contribution in [0.25, 0.3) is 0 Å². The minimum Gasteiger partial charge on any atom is -0.485 e. The molecule has 0 radical (unpaired) electrons. The molecule has 3 atom stereocenters. The lowest BCUT2D eigenvalue weighted by Crippen LogP contribution is -2.70. The van der Waals surface area contributed by atoms with Crippen LogP contribution in [0.4, 0.5) is 35.1 Å². The van der Waals surface area contributed by atoms with Crippen LogP contribution in [0.5, 0.6) is 0 Å². The van der Waals surface area contributed by atoms with Crippen LogP contribution < -0.4 is 0 Å².